The Morgan fingerprint density at radius 1 is 1.09 bits per heavy atom. The van der Waals surface area contributed by atoms with Crippen molar-refractivity contribution in [3.8, 4) is 0 Å². The molecule has 0 bridgehead atoms. The predicted octanol–water partition coefficient (Wildman–Crippen LogP) is 4.23. The molecule has 0 radical (unpaired) electrons. The van der Waals surface area contributed by atoms with E-state index in [0.29, 0.717) is 17.3 Å². The topological polar surface area (TPSA) is 40.5 Å². The number of rotatable bonds is 0. The summed E-state index contributed by atoms with van der Waals surface area (Å²) in [5, 5.41) is 20.7. The van der Waals surface area contributed by atoms with Gasteiger partial charge >= 0.3 is 0 Å². The van der Waals surface area contributed by atoms with E-state index in [0.717, 1.165) is 38.0 Å². The van der Waals surface area contributed by atoms with Gasteiger partial charge in [-0.15, -0.1) is 0 Å². The van der Waals surface area contributed by atoms with E-state index < -0.39 is 0 Å². The largest absolute Gasteiger partial charge is 0.393 e. The third kappa shape index (κ3) is 2.07. The van der Waals surface area contributed by atoms with E-state index in [2.05, 4.69) is 32.9 Å². The van der Waals surface area contributed by atoms with E-state index in [-0.39, 0.29) is 17.6 Å². The van der Waals surface area contributed by atoms with Crippen LogP contribution < -0.4 is 0 Å². The molecule has 4 aliphatic rings. The average molecular weight is 316 g/mol. The zero-order valence-corrected chi connectivity index (χ0v) is 14.9. The lowest BCUT2D eigenvalue weighted by atomic mass is 9.48. The van der Waals surface area contributed by atoms with Crippen molar-refractivity contribution in [2.45, 2.75) is 77.9 Å². The van der Waals surface area contributed by atoms with Crippen LogP contribution in [0.2, 0.25) is 0 Å². The minimum atomic E-state index is -0.222. The first-order chi connectivity index (χ1) is 10.9. The molecule has 0 saturated heterocycles. The lowest BCUT2D eigenvalue weighted by Gasteiger charge is -2.57. The molecule has 7 atom stereocenters. The highest BCUT2D eigenvalue weighted by Crippen LogP contribution is 2.66. The highest BCUT2D eigenvalue weighted by atomic mass is 16.3. The van der Waals surface area contributed by atoms with Gasteiger partial charge in [0.25, 0.3) is 0 Å². The SMILES string of the molecule is CC=C1C(O)CC2C3CC=C4CC(O)CC[C@]4(C)C3CC[C@]12C. The van der Waals surface area contributed by atoms with Crippen molar-refractivity contribution >= 4 is 0 Å². The molecule has 5 unspecified atom stereocenters. The standard InChI is InChI=1S/C21H32O2/c1-4-16-19(23)12-18-15-6-5-13-11-14(22)7-9-20(13,2)17(15)8-10-21(16,18)3/h4-5,14-15,17-19,22-23H,6-12H2,1-3H3/t14?,15?,17?,18?,19?,20-,21+/m0/s1. The molecule has 3 saturated carbocycles. The molecular weight excluding hydrogens is 284 g/mol. The predicted molar refractivity (Wildman–Crippen MR) is 92.9 cm³/mol. The van der Waals surface area contributed by atoms with Gasteiger partial charge in [0.05, 0.1) is 12.2 Å². The summed E-state index contributed by atoms with van der Waals surface area (Å²) in [4.78, 5) is 0. The van der Waals surface area contributed by atoms with Crippen molar-refractivity contribution in [1.82, 2.24) is 0 Å². The van der Waals surface area contributed by atoms with Crippen LogP contribution in [-0.4, -0.2) is 22.4 Å². The maximum absolute atomic E-state index is 10.6. The lowest BCUT2D eigenvalue weighted by Crippen LogP contribution is -2.49. The molecule has 0 heterocycles. The molecule has 0 amide bonds. The number of hydrogen-bond donors (Lipinski definition) is 2. The monoisotopic (exact) mass is 316 g/mol. The van der Waals surface area contributed by atoms with Gasteiger partial charge in [-0.05, 0) is 86.0 Å². The summed E-state index contributed by atoms with van der Waals surface area (Å²) >= 11 is 0. The first-order valence-corrected chi connectivity index (χ1v) is 9.62. The fraction of sp³-hybridized carbons (Fsp3) is 0.810. The van der Waals surface area contributed by atoms with Crippen LogP contribution in [0.25, 0.3) is 0 Å². The zero-order chi connectivity index (χ0) is 16.4. The number of fused-ring (bicyclic) bond motifs is 5. The molecule has 2 heteroatoms. The van der Waals surface area contributed by atoms with Gasteiger partial charge in [0.1, 0.15) is 0 Å². The maximum Gasteiger partial charge on any atom is 0.0758 e. The second kappa shape index (κ2) is 5.20. The van der Waals surface area contributed by atoms with Crippen molar-refractivity contribution in [2.75, 3.05) is 0 Å². The minimum absolute atomic E-state index is 0.123. The molecule has 4 aliphatic carbocycles. The first-order valence-electron chi connectivity index (χ1n) is 9.62. The molecule has 128 valence electrons. The average Bonchev–Trinajstić information content (AvgIpc) is 2.77. The fourth-order valence-electron chi connectivity index (χ4n) is 7.03. The second-order valence-electron chi connectivity index (χ2n) is 9.11. The smallest absolute Gasteiger partial charge is 0.0758 e. The van der Waals surface area contributed by atoms with Crippen molar-refractivity contribution in [1.29, 1.82) is 0 Å². The zero-order valence-electron chi connectivity index (χ0n) is 14.9. The van der Waals surface area contributed by atoms with E-state index in [1.165, 1.54) is 24.0 Å². The van der Waals surface area contributed by atoms with Crippen LogP contribution in [0, 0.1) is 28.6 Å². The Morgan fingerprint density at radius 3 is 2.57 bits per heavy atom. The van der Waals surface area contributed by atoms with Gasteiger partial charge in [-0.1, -0.05) is 31.6 Å². The van der Waals surface area contributed by atoms with Crippen molar-refractivity contribution in [2.24, 2.45) is 28.6 Å². The quantitative estimate of drug-likeness (QED) is 0.657. The Bertz CT molecular complexity index is 562. The van der Waals surface area contributed by atoms with Crippen LogP contribution >= 0.6 is 0 Å². The Morgan fingerprint density at radius 2 is 1.83 bits per heavy atom. The van der Waals surface area contributed by atoms with Crippen LogP contribution in [0.3, 0.4) is 0 Å². The van der Waals surface area contributed by atoms with Gasteiger partial charge in [0, 0.05) is 0 Å². The molecule has 4 rings (SSSR count). The van der Waals surface area contributed by atoms with Crippen LogP contribution in [0.4, 0.5) is 0 Å². The first kappa shape index (κ1) is 15.9. The second-order valence-corrected chi connectivity index (χ2v) is 9.11. The summed E-state index contributed by atoms with van der Waals surface area (Å²) in [6.07, 6.45) is 11.9. The summed E-state index contributed by atoms with van der Waals surface area (Å²) in [5.41, 5.74) is 3.35. The third-order valence-corrected chi connectivity index (χ3v) is 8.27. The highest BCUT2D eigenvalue weighted by molar-refractivity contribution is 5.31. The van der Waals surface area contributed by atoms with Gasteiger partial charge in [0.15, 0.2) is 0 Å². The van der Waals surface area contributed by atoms with Crippen molar-refractivity contribution in [3.63, 3.8) is 0 Å². The molecule has 2 nitrogen and oxygen atoms in total. The summed E-state index contributed by atoms with van der Waals surface area (Å²) in [6, 6.07) is 0. The summed E-state index contributed by atoms with van der Waals surface area (Å²) < 4.78 is 0. The van der Waals surface area contributed by atoms with Gasteiger partial charge in [-0.25, -0.2) is 0 Å². The Labute approximate surface area is 140 Å². The normalized spacial score (nSPS) is 54.2. The van der Waals surface area contributed by atoms with Crippen molar-refractivity contribution in [3.05, 3.63) is 23.3 Å². The maximum atomic E-state index is 10.6. The molecule has 0 aliphatic heterocycles. The molecule has 3 fully saturated rings. The van der Waals surface area contributed by atoms with E-state index in [9.17, 15) is 10.2 Å². The van der Waals surface area contributed by atoms with Gasteiger partial charge in [0.2, 0.25) is 0 Å². The minimum Gasteiger partial charge on any atom is -0.393 e. The molecule has 0 aromatic carbocycles. The molecule has 2 N–H and O–H groups in total. The Kier molecular flexibility index (Phi) is 3.59. The van der Waals surface area contributed by atoms with Crippen LogP contribution in [0.1, 0.15) is 65.7 Å². The summed E-state index contributed by atoms with van der Waals surface area (Å²) in [6.45, 7) is 6.97. The molecule has 0 aromatic rings. The molecular formula is C21H32O2. The molecule has 0 spiro atoms. The van der Waals surface area contributed by atoms with E-state index in [1.807, 2.05) is 0 Å². The molecule has 0 aromatic heterocycles. The van der Waals surface area contributed by atoms with Crippen LogP contribution in [0.5, 0.6) is 0 Å². The number of aliphatic hydroxyl groups is 2. The van der Waals surface area contributed by atoms with Gasteiger partial charge in [-0.2, -0.15) is 0 Å². The number of allylic oxidation sites excluding steroid dienone is 2. The van der Waals surface area contributed by atoms with Crippen LogP contribution in [0.15, 0.2) is 23.3 Å². The Hall–Kier alpha value is -0.600. The van der Waals surface area contributed by atoms with Gasteiger partial charge in [-0.3, -0.25) is 0 Å². The van der Waals surface area contributed by atoms with Gasteiger partial charge < -0.3 is 10.2 Å². The fourth-order valence-corrected chi connectivity index (χ4v) is 7.03. The third-order valence-electron chi connectivity index (χ3n) is 8.27. The van der Waals surface area contributed by atoms with E-state index in [4.69, 9.17) is 0 Å². The van der Waals surface area contributed by atoms with E-state index >= 15 is 0 Å². The Balaban J connectivity index is 1.70. The summed E-state index contributed by atoms with van der Waals surface area (Å²) in [5.74, 6) is 2.09. The lowest BCUT2D eigenvalue weighted by molar-refractivity contribution is -0.0278. The molecule has 23 heavy (non-hydrogen) atoms. The van der Waals surface area contributed by atoms with Crippen LogP contribution in [-0.2, 0) is 0 Å². The number of hydrogen-bond acceptors (Lipinski definition) is 2. The van der Waals surface area contributed by atoms with E-state index in [1.54, 1.807) is 0 Å². The highest BCUT2D eigenvalue weighted by Gasteiger charge is 2.58. The number of aliphatic hydroxyl groups excluding tert-OH is 2. The van der Waals surface area contributed by atoms with Crippen molar-refractivity contribution < 1.29 is 10.2 Å². The summed E-state index contributed by atoms with van der Waals surface area (Å²) in [7, 11) is 0.